The molecule has 1 amide bonds. The van der Waals surface area contributed by atoms with E-state index in [0.29, 0.717) is 12.3 Å². The number of carbonyl (C=O) groups is 1. The second-order valence-corrected chi connectivity index (χ2v) is 9.58. The number of fused-ring (bicyclic) bond motifs is 1. The molecular formula is C21H30N2O4S. The molecule has 6 nitrogen and oxygen atoms in total. The molecule has 28 heavy (non-hydrogen) atoms. The highest BCUT2D eigenvalue weighted by Crippen LogP contribution is 2.20. The van der Waals surface area contributed by atoms with Crippen LogP contribution in [0.4, 0.5) is 0 Å². The minimum Gasteiger partial charge on any atom is -0.394 e. The van der Waals surface area contributed by atoms with Crippen molar-refractivity contribution in [1.29, 1.82) is 0 Å². The van der Waals surface area contributed by atoms with Crippen LogP contribution in [0.5, 0.6) is 0 Å². The smallest absolute Gasteiger partial charge is 0.241 e. The number of hydrogen-bond acceptors (Lipinski definition) is 4. The zero-order valence-corrected chi connectivity index (χ0v) is 17.7. The van der Waals surface area contributed by atoms with Crippen molar-refractivity contribution in [3.8, 4) is 0 Å². The van der Waals surface area contributed by atoms with Gasteiger partial charge in [0.15, 0.2) is 0 Å². The molecule has 0 aliphatic rings. The average Bonchev–Trinajstić information content (AvgIpc) is 2.64. The van der Waals surface area contributed by atoms with Crippen LogP contribution in [-0.4, -0.2) is 38.1 Å². The third kappa shape index (κ3) is 5.77. The molecule has 0 bridgehead atoms. The second-order valence-electron chi connectivity index (χ2n) is 7.87. The number of rotatable bonds is 9. The summed E-state index contributed by atoms with van der Waals surface area (Å²) in [7, 11) is -3.88. The van der Waals surface area contributed by atoms with Gasteiger partial charge in [0.25, 0.3) is 0 Å². The molecule has 0 aliphatic heterocycles. The predicted octanol–water partition coefficient (Wildman–Crippen LogP) is 2.67. The molecule has 7 heteroatoms. The maximum Gasteiger partial charge on any atom is 0.241 e. The van der Waals surface area contributed by atoms with Crippen molar-refractivity contribution in [2.75, 3.05) is 6.61 Å². The van der Waals surface area contributed by atoms with Gasteiger partial charge in [-0.05, 0) is 41.2 Å². The molecule has 0 fully saturated rings. The third-order valence-corrected chi connectivity index (χ3v) is 6.02. The fourth-order valence-electron chi connectivity index (χ4n) is 3.10. The molecule has 2 aromatic carbocycles. The summed E-state index contributed by atoms with van der Waals surface area (Å²) in [6.45, 7) is 7.37. The SMILES string of the molecule is CC(C)CC(CO)NC(=O)C(NS(=O)(=O)c1ccc2ccccc2c1)C(C)C. The van der Waals surface area contributed by atoms with Crippen LogP contribution in [-0.2, 0) is 14.8 Å². The van der Waals surface area contributed by atoms with Gasteiger partial charge in [0, 0.05) is 0 Å². The van der Waals surface area contributed by atoms with Crippen molar-refractivity contribution in [3.63, 3.8) is 0 Å². The number of aliphatic hydroxyl groups excluding tert-OH is 1. The fraction of sp³-hybridized carbons (Fsp3) is 0.476. The Morgan fingerprint density at radius 2 is 1.68 bits per heavy atom. The molecular weight excluding hydrogens is 376 g/mol. The Balaban J connectivity index is 2.22. The first-order chi connectivity index (χ1) is 13.1. The third-order valence-electron chi connectivity index (χ3n) is 4.59. The van der Waals surface area contributed by atoms with Gasteiger partial charge in [0.05, 0.1) is 17.5 Å². The first kappa shape index (κ1) is 22.3. The van der Waals surface area contributed by atoms with Gasteiger partial charge >= 0.3 is 0 Å². The Morgan fingerprint density at radius 1 is 1.04 bits per heavy atom. The number of carbonyl (C=O) groups excluding carboxylic acids is 1. The molecule has 0 radical (unpaired) electrons. The van der Waals surface area contributed by atoms with Crippen LogP contribution in [0.2, 0.25) is 0 Å². The zero-order valence-electron chi connectivity index (χ0n) is 16.8. The van der Waals surface area contributed by atoms with E-state index in [1.807, 2.05) is 38.1 Å². The molecule has 0 spiro atoms. The number of aliphatic hydroxyl groups is 1. The van der Waals surface area contributed by atoms with Crippen LogP contribution in [0.15, 0.2) is 47.4 Å². The van der Waals surface area contributed by atoms with Gasteiger partial charge in [0.1, 0.15) is 6.04 Å². The summed E-state index contributed by atoms with van der Waals surface area (Å²) >= 11 is 0. The molecule has 2 atom stereocenters. The highest BCUT2D eigenvalue weighted by molar-refractivity contribution is 7.89. The van der Waals surface area contributed by atoms with E-state index in [4.69, 9.17) is 0 Å². The molecule has 0 heterocycles. The lowest BCUT2D eigenvalue weighted by Crippen LogP contribution is -2.52. The molecule has 2 unspecified atom stereocenters. The summed E-state index contributed by atoms with van der Waals surface area (Å²) in [5, 5.41) is 14.0. The maximum absolute atomic E-state index is 12.9. The van der Waals surface area contributed by atoms with Crippen molar-refractivity contribution < 1.29 is 18.3 Å². The standard InChI is InChI=1S/C21H30N2O4S/c1-14(2)11-18(13-24)22-21(25)20(15(3)4)23-28(26,27)19-10-9-16-7-5-6-8-17(16)12-19/h5-10,12,14-15,18,20,23-24H,11,13H2,1-4H3,(H,22,25). The summed E-state index contributed by atoms with van der Waals surface area (Å²) in [5.74, 6) is -0.392. The Morgan fingerprint density at radius 3 is 2.25 bits per heavy atom. The molecule has 3 N–H and O–H groups in total. The zero-order chi connectivity index (χ0) is 20.9. The molecule has 0 saturated carbocycles. The number of hydrogen-bond donors (Lipinski definition) is 3. The van der Waals surface area contributed by atoms with Gasteiger partial charge in [-0.25, -0.2) is 8.42 Å². The van der Waals surface area contributed by atoms with E-state index < -0.39 is 28.0 Å². The lowest BCUT2D eigenvalue weighted by atomic mass is 10.0. The average molecular weight is 407 g/mol. The minimum absolute atomic E-state index is 0.116. The fourth-order valence-corrected chi connectivity index (χ4v) is 4.48. The van der Waals surface area contributed by atoms with E-state index >= 15 is 0 Å². The van der Waals surface area contributed by atoms with Crippen LogP contribution in [0.3, 0.4) is 0 Å². The summed E-state index contributed by atoms with van der Waals surface area (Å²) in [5.41, 5.74) is 0. The van der Waals surface area contributed by atoms with Crippen molar-refractivity contribution in [2.45, 2.75) is 51.1 Å². The van der Waals surface area contributed by atoms with Crippen LogP contribution < -0.4 is 10.0 Å². The Kier molecular flexibility index (Phi) is 7.57. The van der Waals surface area contributed by atoms with Crippen molar-refractivity contribution >= 4 is 26.7 Å². The molecule has 154 valence electrons. The number of nitrogens with one attached hydrogen (secondary N) is 2. The Bertz CT molecular complexity index is 910. The monoisotopic (exact) mass is 406 g/mol. The lowest BCUT2D eigenvalue weighted by Gasteiger charge is -2.25. The van der Waals surface area contributed by atoms with Crippen LogP contribution >= 0.6 is 0 Å². The first-order valence-corrected chi connectivity index (χ1v) is 11.0. The quantitative estimate of drug-likeness (QED) is 0.597. The summed E-state index contributed by atoms with van der Waals surface area (Å²) in [6, 6.07) is 11.0. The maximum atomic E-state index is 12.9. The van der Waals surface area contributed by atoms with Gasteiger partial charge in [-0.3, -0.25) is 4.79 Å². The minimum atomic E-state index is -3.88. The first-order valence-electron chi connectivity index (χ1n) is 9.56. The predicted molar refractivity (Wildman–Crippen MR) is 111 cm³/mol. The molecule has 0 aromatic heterocycles. The van der Waals surface area contributed by atoms with Crippen molar-refractivity contribution in [1.82, 2.24) is 10.0 Å². The summed E-state index contributed by atoms with van der Waals surface area (Å²) in [4.78, 5) is 12.8. The molecule has 0 saturated heterocycles. The normalized spacial score (nSPS) is 14.4. The van der Waals surface area contributed by atoms with Gasteiger partial charge in [0.2, 0.25) is 15.9 Å². The van der Waals surface area contributed by atoms with E-state index in [-0.39, 0.29) is 17.4 Å². The number of benzene rings is 2. The van der Waals surface area contributed by atoms with Crippen LogP contribution in [0.25, 0.3) is 10.8 Å². The van der Waals surface area contributed by atoms with Crippen LogP contribution in [0, 0.1) is 11.8 Å². The highest BCUT2D eigenvalue weighted by atomic mass is 32.2. The number of sulfonamides is 1. The van der Waals surface area contributed by atoms with E-state index in [1.165, 1.54) is 6.07 Å². The van der Waals surface area contributed by atoms with E-state index in [2.05, 4.69) is 10.0 Å². The number of amides is 1. The van der Waals surface area contributed by atoms with Gasteiger partial charge in [-0.1, -0.05) is 58.0 Å². The highest BCUT2D eigenvalue weighted by Gasteiger charge is 2.29. The van der Waals surface area contributed by atoms with Crippen molar-refractivity contribution in [3.05, 3.63) is 42.5 Å². The molecule has 0 aliphatic carbocycles. The largest absolute Gasteiger partial charge is 0.394 e. The topological polar surface area (TPSA) is 95.5 Å². The van der Waals surface area contributed by atoms with Crippen molar-refractivity contribution in [2.24, 2.45) is 11.8 Å². The van der Waals surface area contributed by atoms with E-state index in [0.717, 1.165) is 10.8 Å². The van der Waals surface area contributed by atoms with Gasteiger partial charge < -0.3 is 10.4 Å². The Labute approximate surface area is 167 Å². The van der Waals surface area contributed by atoms with E-state index in [1.54, 1.807) is 26.0 Å². The lowest BCUT2D eigenvalue weighted by molar-refractivity contribution is -0.124. The molecule has 2 rings (SSSR count). The van der Waals surface area contributed by atoms with E-state index in [9.17, 15) is 18.3 Å². The summed E-state index contributed by atoms with van der Waals surface area (Å²) in [6.07, 6.45) is 0.616. The Hall–Kier alpha value is -1.96. The van der Waals surface area contributed by atoms with Gasteiger partial charge in [-0.2, -0.15) is 4.72 Å². The second kappa shape index (κ2) is 9.49. The summed E-state index contributed by atoms with van der Waals surface area (Å²) < 4.78 is 28.3. The van der Waals surface area contributed by atoms with Crippen LogP contribution in [0.1, 0.15) is 34.1 Å². The van der Waals surface area contributed by atoms with Gasteiger partial charge in [-0.15, -0.1) is 0 Å². The molecule has 2 aromatic rings.